The van der Waals surface area contributed by atoms with E-state index in [1.165, 1.54) is 43.8 Å². The van der Waals surface area contributed by atoms with Gasteiger partial charge in [0.15, 0.2) is 0 Å². The molecule has 0 saturated carbocycles. The number of hydrogen-bond donors (Lipinski definition) is 0. The molecule has 3 heterocycles. The Morgan fingerprint density at radius 2 is 1.77 bits per heavy atom. The van der Waals surface area contributed by atoms with Gasteiger partial charge in [-0.25, -0.2) is 17.7 Å². The molecule has 244 valence electrons. The third kappa shape index (κ3) is 5.79. The maximum atomic E-state index is 15.1. The molecule has 0 bridgehead atoms. The van der Waals surface area contributed by atoms with Crippen molar-refractivity contribution in [2.24, 2.45) is 0 Å². The average molecular weight is 665 g/mol. The zero-order chi connectivity index (χ0) is 33.3. The van der Waals surface area contributed by atoms with E-state index in [0.717, 1.165) is 9.21 Å². The molecule has 5 aromatic rings. The minimum Gasteiger partial charge on any atom is -0.445 e. The first kappa shape index (κ1) is 32.0. The molecule has 1 amide bonds. The molecule has 3 aromatic carbocycles. The van der Waals surface area contributed by atoms with Gasteiger partial charge < -0.3 is 23.3 Å². The number of carbonyl (C=O) groups is 1. The number of fused-ring (bicyclic) bond motifs is 1. The van der Waals surface area contributed by atoms with Gasteiger partial charge in [0.25, 0.3) is 10.0 Å². The number of anilines is 2. The number of rotatable bonds is 12. The second kappa shape index (κ2) is 12.7. The van der Waals surface area contributed by atoms with Gasteiger partial charge in [0, 0.05) is 23.8 Å². The van der Waals surface area contributed by atoms with Crippen molar-refractivity contribution < 1.29 is 40.4 Å². The molecule has 6 rings (SSSR count). The number of aromatic nitrogens is 2. The van der Waals surface area contributed by atoms with Crippen molar-refractivity contribution in [3.63, 3.8) is 0 Å². The summed E-state index contributed by atoms with van der Waals surface area (Å²) in [5.74, 6) is -4.87. The molecule has 2 aromatic heterocycles. The largest absolute Gasteiger partial charge is 0.445 e. The zero-order valence-electron chi connectivity index (χ0n) is 25.6. The smallest absolute Gasteiger partial charge is 0.352 e. The summed E-state index contributed by atoms with van der Waals surface area (Å²) in [6.07, 6.45) is 2.85. The lowest BCUT2D eigenvalue weighted by atomic mass is 9.96. The zero-order valence-corrected chi connectivity index (χ0v) is 26.5. The van der Waals surface area contributed by atoms with E-state index < -0.39 is 34.1 Å². The Bertz CT molecular complexity index is 2030. The van der Waals surface area contributed by atoms with Crippen LogP contribution in [-0.4, -0.2) is 51.5 Å². The van der Waals surface area contributed by atoms with Crippen LogP contribution in [-0.2, 0) is 36.8 Å². The Balaban J connectivity index is 1.48. The van der Waals surface area contributed by atoms with Crippen LogP contribution in [0.25, 0.3) is 22.6 Å². The number of amides is 1. The van der Waals surface area contributed by atoms with E-state index in [9.17, 15) is 13.2 Å². The summed E-state index contributed by atoms with van der Waals surface area (Å²) in [7, 11) is -2.90. The van der Waals surface area contributed by atoms with E-state index >= 15 is 8.78 Å². The average Bonchev–Trinajstić information content (AvgIpc) is 3.77. The maximum Gasteiger partial charge on any atom is 0.352 e. The van der Waals surface area contributed by atoms with Crippen molar-refractivity contribution in [1.29, 1.82) is 0 Å². The Kier molecular flexibility index (Phi) is 8.66. The number of ether oxygens (including phenoxy) is 2. The van der Waals surface area contributed by atoms with E-state index in [1.54, 1.807) is 56.3 Å². The van der Waals surface area contributed by atoms with Crippen LogP contribution in [0.3, 0.4) is 0 Å². The summed E-state index contributed by atoms with van der Waals surface area (Å²) in [6, 6.07) is 16.9. The lowest BCUT2D eigenvalue weighted by Gasteiger charge is -2.25. The number of sulfonamides is 1. The fourth-order valence-corrected chi connectivity index (χ4v) is 6.92. The highest BCUT2D eigenvalue weighted by atomic mass is 32.2. The lowest BCUT2D eigenvalue weighted by Crippen LogP contribution is -2.35. The Morgan fingerprint density at radius 3 is 2.49 bits per heavy atom. The van der Waals surface area contributed by atoms with Crippen LogP contribution in [0.1, 0.15) is 22.4 Å². The lowest BCUT2D eigenvalue weighted by molar-refractivity contribution is -0.141. The Hall–Kier alpha value is -4.92. The van der Waals surface area contributed by atoms with Crippen LogP contribution in [0.15, 0.2) is 93.0 Å². The van der Waals surface area contributed by atoms with Gasteiger partial charge in [-0.1, -0.05) is 47.6 Å². The van der Waals surface area contributed by atoms with Gasteiger partial charge in [-0.2, -0.15) is 8.78 Å². The summed E-state index contributed by atoms with van der Waals surface area (Å²) in [5.41, 5.74) is 2.17. The molecule has 0 radical (unpaired) electrons. The summed E-state index contributed by atoms with van der Waals surface area (Å²) in [4.78, 5) is 18.2. The van der Waals surface area contributed by atoms with Gasteiger partial charge in [-0.05, 0) is 49.2 Å². The fourth-order valence-electron chi connectivity index (χ4n) is 5.38. The van der Waals surface area contributed by atoms with Crippen molar-refractivity contribution in [3.05, 3.63) is 102 Å². The second-order valence-electron chi connectivity index (χ2n) is 10.8. The third-order valence-corrected chi connectivity index (χ3v) is 9.67. The number of halogens is 2. The highest BCUT2D eigenvalue weighted by Gasteiger charge is 2.52. The molecule has 0 spiro atoms. The van der Waals surface area contributed by atoms with Gasteiger partial charge in [0.1, 0.15) is 13.0 Å². The summed E-state index contributed by atoms with van der Waals surface area (Å²) < 4.78 is 81.9. The molecule has 1 aliphatic rings. The predicted molar refractivity (Wildman–Crippen MR) is 167 cm³/mol. The number of alkyl halides is 2. The van der Waals surface area contributed by atoms with Crippen molar-refractivity contribution in [3.8, 4) is 22.6 Å². The number of benzene rings is 3. The summed E-state index contributed by atoms with van der Waals surface area (Å²) >= 11 is 0. The number of methoxy groups -OCH3 is 1. The first-order valence-electron chi connectivity index (χ1n) is 14.5. The number of aryl methyl sites for hydroxylation is 1. The standard InChI is InChI=1S/C33H30F2N4O7S/c1-21-22(2)37-46-31(21)39(20-44-17-16-43-3)47(41,42)29-11-7-4-8-26(29)25-13-12-23(30-36-14-15-45-30)18-24(25)19-38-28-10-6-5-9-27(28)33(34,35)32(38)40/h4-15,18H,16-17,19-20H2,1-3H3. The Morgan fingerprint density at radius 1 is 1.00 bits per heavy atom. The highest BCUT2D eigenvalue weighted by molar-refractivity contribution is 7.93. The van der Waals surface area contributed by atoms with Gasteiger partial charge in [-0.3, -0.25) is 4.79 Å². The Labute approximate surface area is 269 Å². The minimum absolute atomic E-state index is 0.0179. The minimum atomic E-state index is -4.40. The maximum absolute atomic E-state index is 15.1. The van der Waals surface area contributed by atoms with Crippen molar-refractivity contribution in [2.45, 2.75) is 31.2 Å². The van der Waals surface area contributed by atoms with Gasteiger partial charge in [0.05, 0.1) is 47.8 Å². The quantitative estimate of drug-likeness (QED) is 0.115. The fraction of sp³-hybridized carbons (Fsp3) is 0.242. The first-order chi connectivity index (χ1) is 22.6. The molecule has 0 saturated heterocycles. The van der Waals surface area contributed by atoms with Crippen LogP contribution in [0, 0.1) is 13.8 Å². The van der Waals surface area contributed by atoms with Crippen LogP contribution >= 0.6 is 0 Å². The van der Waals surface area contributed by atoms with Gasteiger partial charge in [-0.15, -0.1) is 0 Å². The number of carbonyl (C=O) groups excluding carboxylic acids is 1. The SMILES string of the molecule is COCCOCN(c1onc(C)c1C)S(=O)(=O)c1ccccc1-c1ccc(-c2ncco2)cc1CN1C(=O)C(F)(F)c2ccccc21. The summed E-state index contributed by atoms with van der Waals surface area (Å²) in [5, 5.41) is 3.94. The molecule has 0 aliphatic carbocycles. The summed E-state index contributed by atoms with van der Waals surface area (Å²) in [6.45, 7) is 3.02. The molecule has 1 aliphatic heterocycles. The van der Waals surface area contributed by atoms with Crippen LogP contribution in [0.5, 0.6) is 0 Å². The molecular formula is C33H30F2N4O7S. The van der Waals surface area contributed by atoms with E-state index in [2.05, 4.69) is 10.1 Å². The van der Waals surface area contributed by atoms with E-state index in [4.69, 9.17) is 18.4 Å². The first-order valence-corrected chi connectivity index (χ1v) is 15.9. The van der Waals surface area contributed by atoms with Crippen molar-refractivity contribution in [2.75, 3.05) is 36.3 Å². The molecule has 0 N–H and O–H groups in total. The van der Waals surface area contributed by atoms with Crippen LogP contribution < -0.4 is 9.21 Å². The molecule has 0 fully saturated rings. The topological polar surface area (TPSA) is 128 Å². The normalized spacial score (nSPS) is 14.1. The second-order valence-corrected chi connectivity index (χ2v) is 12.6. The molecular weight excluding hydrogens is 634 g/mol. The number of para-hydroxylation sites is 1. The van der Waals surface area contributed by atoms with Crippen molar-refractivity contribution in [1.82, 2.24) is 10.1 Å². The van der Waals surface area contributed by atoms with Gasteiger partial charge in [0.2, 0.25) is 11.8 Å². The third-order valence-electron chi connectivity index (χ3n) is 7.90. The predicted octanol–water partition coefficient (Wildman–Crippen LogP) is 6.07. The molecule has 0 unspecified atom stereocenters. The highest BCUT2D eigenvalue weighted by Crippen LogP contribution is 2.45. The van der Waals surface area contributed by atoms with E-state index in [0.29, 0.717) is 27.9 Å². The molecule has 0 atom stereocenters. The van der Waals surface area contributed by atoms with E-state index in [1.807, 2.05) is 0 Å². The molecule has 14 heteroatoms. The molecule has 11 nitrogen and oxygen atoms in total. The van der Waals surface area contributed by atoms with Crippen LogP contribution in [0.4, 0.5) is 20.4 Å². The molecule has 47 heavy (non-hydrogen) atoms. The number of oxazole rings is 1. The number of nitrogens with zero attached hydrogens (tertiary/aromatic N) is 4. The van der Waals surface area contributed by atoms with Crippen molar-refractivity contribution >= 4 is 27.5 Å². The van der Waals surface area contributed by atoms with Gasteiger partial charge >= 0.3 is 11.8 Å². The number of hydrogen-bond acceptors (Lipinski definition) is 9. The van der Waals surface area contributed by atoms with Crippen LogP contribution in [0.2, 0.25) is 0 Å². The van der Waals surface area contributed by atoms with E-state index in [-0.39, 0.29) is 47.7 Å². The monoisotopic (exact) mass is 664 g/mol.